The minimum atomic E-state index is -1.09. The zero-order chi connectivity index (χ0) is 20.3. The van der Waals surface area contributed by atoms with Crippen molar-refractivity contribution in [2.45, 2.75) is 39.2 Å². The third-order valence-corrected chi connectivity index (χ3v) is 5.75. The Labute approximate surface area is 173 Å². The van der Waals surface area contributed by atoms with Crippen molar-refractivity contribution in [3.05, 3.63) is 45.1 Å². The molecule has 1 aromatic carbocycles. The maximum absolute atomic E-state index is 12.7. The van der Waals surface area contributed by atoms with Gasteiger partial charge in [0.1, 0.15) is 5.54 Å². The third-order valence-electron chi connectivity index (χ3n) is 4.52. The molecule has 2 heterocycles. The van der Waals surface area contributed by atoms with Crippen LogP contribution in [0, 0.1) is 6.92 Å². The number of hydroxylamine groups is 1. The first-order valence-electron chi connectivity index (χ1n) is 9.17. The molecule has 0 aliphatic carbocycles. The first-order valence-corrected chi connectivity index (χ1v) is 10.4. The van der Waals surface area contributed by atoms with Gasteiger partial charge in [-0.15, -0.1) is 11.3 Å². The molecule has 8 heteroatoms. The SMILES string of the molecule is Cc1cc(NC(=O)C(C)(C)NC(=O)c2ccc(Cl)s2)ccc1N1CCCCO1. The van der Waals surface area contributed by atoms with Gasteiger partial charge in [0, 0.05) is 12.2 Å². The summed E-state index contributed by atoms with van der Waals surface area (Å²) < 4.78 is 0.528. The van der Waals surface area contributed by atoms with E-state index < -0.39 is 5.54 Å². The zero-order valence-electron chi connectivity index (χ0n) is 16.2. The highest BCUT2D eigenvalue weighted by Gasteiger charge is 2.30. The van der Waals surface area contributed by atoms with Gasteiger partial charge >= 0.3 is 0 Å². The highest BCUT2D eigenvalue weighted by molar-refractivity contribution is 7.18. The van der Waals surface area contributed by atoms with Gasteiger partial charge in [-0.1, -0.05) is 11.6 Å². The summed E-state index contributed by atoms with van der Waals surface area (Å²) >= 11 is 7.05. The smallest absolute Gasteiger partial charge is 0.262 e. The van der Waals surface area contributed by atoms with Crippen molar-refractivity contribution in [1.82, 2.24) is 5.32 Å². The topological polar surface area (TPSA) is 70.7 Å². The molecule has 2 aromatic rings. The number of anilines is 2. The van der Waals surface area contributed by atoms with E-state index >= 15 is 0 Å². The van der Waals surface area contributed by atoms with Gasteiger partial charge in [0.25, 0.3) is 5.91 Å². The Morgan fingerprint density at radius 2 is 2.00 bits per heavy atom. The number of thiophene rings is 1. The Hall–Kier alpha value is -2.09. The lowest BCUT2D eigenvalue weighted by atomic mass is 10.0. The number of carbonyl (C=O) groups excluding carboxylic acids is 2. The normalized spacial score (nSPS) is 14.6. The number of aryl methyl sites for hydroxylation is 1. The maximum atomic E-state index is 12.7. The summed E-state index contributed by atoms with van der Waals surface area (Å²) in [5, 5.41) is 7.54. The largest absolute Gasteiger partial charge is 0.337 e. The summed E-state index contributed by atoms with van der Waals surface area (Å²) in [6, 6.07) is 8.98. The van der Waals surface area contributed by atoms with Crippen molar-refractivity contribution < 1.29 is 14.4 Å². The summed E-state index contributed by atoms with van der Waals surface area (Å²) in [6.45, 7) is 6.90. The lowest BCUT2D eigenvalue weighted by molar-refractivity contribution is -0.120. The minimum absolute atomic E-state index is 0.301. The van der Waals surface area contributed by atoms with Crippen LogP contribution >= 0.6 is 22.9 Å². The van der Waals surface area contributed by atoms with E-state index in [0.29, 0.717) is 14.9 Å². The van der Waals surface area contributed by atoms with Crippen molar-refractivity contribution in [2.24, 2.45) is 0 Å². The van der Waals surface area contributed by atoms with Crippen LogP contribution in [0.4, 0.5) is 11.4 Å². The first kappa shape index (κ1) is 20.6. The van der Waals surface area contributed by atoms with Crippen LogP contribution in [0.3, 0.4) is 0 Å². The molecule has 1 aliphatic rings. The molecule has 3 rings (SSSR count). The van der Waals surface area contributed by atoms with Crippen molar-refractivity contribution in [2.75, 3.05) is 23.5 Å². The molecule has 0 radical (unpaired) electrons. The summed E-state index contributed by atoms with van der Waals surface area (Å²) in [4.78, 5) is 31.2. The number of nitrogens with zero attached hydrogens (tertiary/aromatic N) is 1. The lowest BCUT2D eigenvalue weighted by Crippen LogP contribution is -2.52. The molecule has 0 atom stereocenters. The second kappa shape index (κ2) is 8.51. The average Bonchev–Trinajstić information content (AvgIpc) is 3.09. The van der Waals surface area contributed by atoms with E-state index in [9.17, 15) is 9.59 Å². The van der Waals surface area contributed by atoms with Crippen LogP contribution in [-0.2, 0) is 9.63 Å². The van der Waals surface area contributed by atoms with E-state index in [1.54, 1.807) is 26.0 Å². The lowest BCUT2D eigenvalue weighted by Gasteiger charge is -2.29. The van der Waals surface area contributed by atoms with E-state index in [1.165, 1.54) is 11.3 Å². The van der Waals surface area contributed by atoms with Gasteiger partial charge in [-0.3, -0.25) is 19.5 Å². The van der Waals surface area contributed by atoms with Crippen LogP contribution in [0.25, 0.3) is 0 Å². The molecule has 2 amide bonds. The summed E-state index contributed by atoms with van der Waals surface area (Å²) in [7, 11) is 0. The molecule has 1 aliphatic heterocycles. The van der Waals surface area contributed by atoms with Gasteiger partial charge in [-0.2, -0.15) is 0 Å². The molecule has 1 aromatic heterocycles. The van der Waals surface area contributed by atoms with Crippen molar-refractivity contribution in [1.29, 1.82) is 0 Å². The highest BCUT2D eigenvalue weighted by atomic mass is 35.5. The van der Waals surface area contributed by atoms with Gasteiger partial charge in [0.2, 0.25) is 5.91 Å². The first-order chi connectivity index (χ1) is 13.3. The van der Waals surface area contributed by atoms with Crippen LogP contribution in [-0.4, -0.2) is 30.5 Å². The number of benzene rings is 1. The van der Waals surface area contributed by atoms with E-state index in [4.69, 9.17) is 16.4 Å². The fourth-order valence-corrected chi connectivity index (χ4v) is 3.86. The second-order valence-corrected chi connectivity index (χ2v) is 9.00. The van der Waals surface area contributed by atoms with Crippen LogP contribution in [0.5, 0.6) is 0 Å². The minimum Gasteiger partial charge on any atom is -0.337 e. The van der Waals surface area contributed by atoms with Crippen LogP contribution < -0.4 is 15.7 Å². The zero-order valence-corrected chi connectivity index (χ0v) is 17.7. The van der Waals surface area contributed by atoms with Crippen molar-refractivity contribution in [3.63, 3.8) is 0 Å². The molecule has 6 nitrogen and oxygen atoms in total. The number of nitrogens with one attached hydrogen (secondary N) is 2. The number of halogens is 1. The quantitative estimate of drug-likeness (QED) is 0.751. The predicted octanol–water partition coefficient (Wildman–Crippen LogP) is 4.39. The number of rotatable bonds is 5. The van der Waals surface area contributed by atoms with Crippen LogP contribution in [0.2, 0.25) is 4.34 Å². The van der Waals surface area contributed by atoms with Gasteiger partial charge < -0.3 is 10.6 Å². The van der Waals surface area contributed by atoms with Crippen molar-refractivity contribution >= 4 is 46.1 Å². The van der Waals surface area contributed by atoms with Crippen molar-refractivity contribution in [3.8, 4) is 0 Å². The molecule has 28 heavy (non-hydrogen) atoms. The Balaban J connectivity index is 1.65. The van der Waals surface area contributed by atoms with Gasteiger partial charge in [-0.05, 0) is 69.5 Å². The molecular formula is C20H24ClN3O3S. The van der Waals surface area contributed by atoms with Crippen LogP contribution in [0.15, 0.2) is 30.3 Å². The van der Waals surface area contributed by atoms with Crippen LogP contribution in [0.1, 0.15) is 41.9 Å². The second-order valence-electron chi connectivity index (χ2n) is 7.28. The molecular weight excluding hydrogens is 398 g/mol. The number of hydrogen-bond donors (Lipinski definition) is 2. The molecule has 150 valence electrons. The number of carbonyl (C=O) groups is 2. The molecule has 0 unspecified atom stereocenters. The van der Waals surface area contributed by atoms with E-state index in [2.05, 4.69) is 10.6 Å². The summed E-state index contributed by atoms with van der Waals surface area (Å²) in [5.41, 5.74) is 1.59. The predicted molar refractivity (Wildman–Crippen MR) is 113 cm³/mol. The monoisotopic (exact) mass is 421 g/mol. The Morgan fingerprint density at radius 3 is 2.61 bits per heavy atom. The Bertz CT molecular complexity index is 875. The Kier molecular flexibility index (Phi) is 6.27. The molecule has 1 saturated heterocycles. The molecule has 0 saturated carbocycles. The van der Waals surface area contributed by atoms with E-state index in [-0.39, 0.29) is 11.8 Å². The molecule has 0 spiro atoms. The fraction of sp³-hybridized carbons (Fsp3) is 0.400. The molecule has 0 bridgehead atoms. The maximum Gasteiger partial charge on any atom is 0.262 e. The van der Waals surface area contributed by atoms with Gasteiger partial charge in [0.05, 0.1) is 21.5 Å². The van der Waals surface area contributed by atoms with Gasteiger partial charge in [-0.25, -0.2) is 0 Å². The van der Waals surface area contributed by atoms with Gasteiger partial charge in [0.15, 0.2) is 0 Å². The standard InChI is InChI=1S/C20H24ClN3O3S/c1-13-12-14(6-7-15(13)24-10-4-5-11-27-24)22-19(26)20(2,3)23-18(25)16-8-9-17(21)28-16/h6-9,12H,4-5,10-11H2,1-3H3,(H,22,26)(H,23,25). The summed E-state index contributed by atoms with van der Waals surface area (Å²) in [6.07, 6.45) is 2.17. The average molecular weight is 422 g/mol. The fourth-order valence-electron chi connectivity index (χ4n) is 2.93. The number of hydrogen-bond acceptors (Lipinski definition) is 5. The Morgan fingerprint density at radius 1 is 1.21 bits per heavy atom. The van der Waals surface area contributed by atoms with E-state index in [0.717, 1.165) is 37.2 Å². The molecule has 2 N–H and O–H groups in total. The number of amides is 2. The molecule has 1 fully saturated rings. The highest BCUT2D eigenvalue weighted by Crippen LogP contribution is 2.27. The third kappa shape index (κ3) is 4.84. The van der Waals surface area contributed by atoms with E-state index in [1.807, 2.05) is 30.2 Å². The summed E-state index contributed by atoms with van der Waals surface area (Å²) in [5.74, 6) is -0.629.